The van der Waals surface area contributed by atoms with Gasteiger partial charge in [0.2, 0.25) is 5.91 Å². The lowest BCUT2D eigenvalue weighted by Gasteiger charge is -2.37. The highest BCUT2D eigenvalue weighted by molar-refractivity contribution is 7.13. The van der Waals surface area contributed by atoms with E-state index in [1.165, 1.54) is 12.1 Å². The molecule has 0 aromatic carbocycles. The Morgan fingerprint density at radius 3 is 2.56 bits per heavy atom. The predicted octanol–water partition coefficient (Wildman–Crippen LogP) is 3.09. The first-order valence-electron chi connectivity index (χ1n) is 9.74. The van der Waals surface area contributed by atoms with E-state index in [1.807, 2.05) is 0 Å². The minimum absolute atomic E-state index is 0.317. The van der Waals surface area contributed by atoms with Gasteiger partial charge in [0.05, 0.1) is 12.2 Å². The van der Waals surface area contributed by atoms with E-state index in [-0.39, 0.29) is 0 Å². The molecule has 2 aliphatic rings. The lowest BCUT2D eigenvalue weighted by molar-refractivity contribution is -0.135. The molecule has 2 unspecified atom stereocenters. The number of nitrogens with one attached hydrogen (secondary N) is 1. The van der Waals surface area contributed by atoms with E-state index in [1.54, 1.807) is 11.3 Å². The maximum atomic E-state index is 12.6. The summed E-state index contributed by atoms with van der Waals surface area (Å²) in [6.45, 7) is 11.1. The number of rotatable bonds is 5. The van der Waals surface area contributed by atoms with Gasteiger partial charge in [-0.1, -0.05) is 20.8 Å². The van der Waals surface area contributed by atoms with Gasteiger partial charge in [0, 0.05) is 37.6 Å². The van der Waals surface area contributed by atoms with Crippen molar-refractivity contribution in [2.75, 3.05) is 38.0 Å². The van der Waals surface area contributed by atoms with Gasteiger partial charge in [-0.25, -0.2) is 4.98 Å². The number of likely N-dealkylation sites (tertiary alicyclic amines) is 2. The molecule has 2 aliphatic heterocycles. The van der Waals surface area contributed by atoms with Crippen LogP contribution in [0.3, 0.4) is 0 Å². The molecule has 1 amide bonds. The second-order valence-corrected chi connectivity index (χ2v) is 8.80. The van der Waals surface area contributed by atoms with E-state index in [2.05, 4.69) is 46.3 Å². The van der Waals surface area contributed by atoms with Crippen molar-refractivity contribution in [1.82, 2.24) is 14.8 Å². The van der Waals surface area contributed by atoms with Crippen LogP contribution in [0.5, 0.6) is 0 Å². The van der Waals surface area contributed by atoms with Crippen molar-refractivity contribution in [2.24, 2.45) is 11.8 Å². The Morgan fingerprint density at radius 2 is 1.96 bits per heavy atom. The topological polar surface area (TPSA) is 48.5 Å². The van der Waals surface area contributed by atoms with Crippen LogP contribution in [0.4, 0.5) is 5.13 Å². The number of hydrogen-bond acceptors (Lipinski definition) is 5. The fourth-order valence-electron chi connectivity index (χ4n) is 4.10. The number of aryl methyl sites for hydroxylation is 1. The number of amides is 1. The Balaban J connectivity index is 1.42. The zero-order valence-corrected chi connectivity index (χ0v) is 16.6. The molecule has 2 fully saturated rings. The second kappa shape index (κ2) is 8.49. The maximum absolute atomic E-state index is 12.6. The van der Waals surface area contributed by atoms with E-state index >= 15 is 0 Å². The Hall–Kier alpha value is -1.14. The van der Waals surface area contributed by atoms with Crippen LogP contribution in [0.1, 0.15) is 45.7 Å². The minimum atomic E-state index is 0.317. The zero-order chi connectivity index (χ0) is 17.8. The van der Waals surface area contributed by atoms with Crippen molar-refractivity contribution >= 4 is 22.4 Å². The fraction of sp³-hybridized carbons (Fsp3) is 0.789. The lowest BCUT2D eigenvalue weighted by atomic mass is 9.92. The van der Waals surface area contributed by atoms with Crippen LogP contribution >= 0.6 is 11.3 Å². The van der Waals surface area contributed by atoms with E-state index in [0.29, 0.717) is 30.3 Å². The van der Waals surface area contributed by atoms with Gasteiger partial charge in [-0.05, 0) is 37.5 Å². The summed E-state index contributed by atoms with van der Waals surface area (Å²) >= 11 is 1.70. The van der Waals surface area contributed by atoms with Gasteiger partial charge in [-0.3, -0.25) is 9.69 Å². The number of carbonyl (C=O) groups is 1. The van der Waals surface area contributed by atoms with Crippen LogP contribution in [0.25, 0.3) is 0 Å². The first-order chi connectivity index (χ1) is 12.0. The van der Waals surface area contributed by atoms with Crippen molar-refractivity contribution in [3.63, 3.8) is 0 Å². The highest BCUT2D eigenvalue weighted by atomic mass is 32.1. The Morgan fingerprint density at radius 1 is 1.28 bits per heavy atom. The third-order valence-corrected chi connectivity index (χ3v) is 6.23. The first kappa shape index (κ1) is 18.6. The molecule has 2 saturated heterocycles. The van der Waals surface area contributed by atoms with Crippen LogP contribution in [0, 0.1) is 11.8 Å². The quantitative estimate of drug-likeness (QED) is 0.872. The molecular weight excluding hydrogens is 332 g/mol. The minimum Gasteiger partial charge on any atom is -0.359 e. The molecule has 0 bridgehead atoms. The molecule has 0 aliphatic carbocycles. The predicted molar refractivity (Wildman–Crippen MR) is 104 cm³/mol. The summed E-state index contributed by atoms with van der Waals surface area (Å²) in [6.07, 6.45) is 4.41. The van der Waals surface area contributed by atoms with Crippen LogP contribution < -0.4 is 5.32 Å². The van der Waals surface area contributed by atoms with Crippen molar-refractivity contribution in [3.05, 3.63) is 11.1 Å². The molecule has 1 aromatic heterocycles. The van der Waals surface area contributed by atoms with Crippen molar-refractivity contribution in [1.29, 1.82) is 0 Å². The average molecular weight is 365 g/mol. The number of nitrogens with zero attached hydrogens (tertiary/aromatic N) is 3. The second-order valence-electron chi connectivity index (χ2n) is 7.94. The maximum Gasteiger partial charge on any atom is 0.236 e. The fourth-order valence-corrected chi connectivity index (χ4v) is 4.98. The van der Waals surface area contributed by atoms with Gasteiger partial charge in [-0.2, -0.15) is 0 Å². The summed E-state index contributed by atoms with van der Waals surface area (Å²) in [5.41, 5.74) is 1.17. The van der Waals surface area contributed by atoms with Crippen LogP contribution in [-0.4, -0.2) is 59.5 Å². The molecule has 1 N–H and O–H groups in total. The summed E-state index contributed by atoms with van der Waals surface area (Å²) in [5.74, 6) is 1.58. The van der Waals surface area contributed by atoms with Crippen LogP contribution in [-0.2, 0) is 11.2 Å². The summed E-state index contributed by atoms with van der Waals surface area (Å²) in [6, 6.07) is 0.484. The van der Waals surface area contributed by atoms with Crippen molar-refractivity contribution in [2.45, 2.75) is 52.5 Å². The van der Waals surface area contributed by atoms with E-state index in [0.717, 1.165) is 50.6 Å². The standard InChI is InChI=1S/C19H32N4OS/c1-4-16-13-25-19(20-16)21-17-5-7-22(8-6-17)12-18(24)23-10-14(2)9-15(3)11-23/h13-15,17H,4-12H2,1-3H3,(H,20,21). The van der Waals surface area contributed by atoms with Crippen molar-refractivity contribution in [3.8, 4) is 0 Å². The van der Waals surface area contributed by atoms with Gasteiger partial charge in [-0.15, -0.1) is 11.3 Å². The largest absolute Gasteiger partial charge is 0.359 e. The molecule has 2 atom stereocenters. The van der Waals surface area contributed by atoms with E-state index < -0.39 is 0 Å². The highest BCUT2D eigenvalue weighted by Crippen LogP contribution is 2.23. The summed E-state index contributed by atoms with van der Waals surface area (Å²) in [5, 5.41) is 6.75. The molecule has 140 valence electrons. The van der Waals surface area contributed by atoms with Gasteiger partial charge in [0.25, 0.3) is 0 Å². The highest BCUT2D eigenvalue weighted by Gasteiger charge is 2.28. The Bertz CT molecular complexity index is 558. The molecule has 1 aromatic rings. The van der Waals surface area contributed by atoms with Crippen molar-refractivity contribution < 1.29 is 4.79 Å². The first-order valence-corrected chi connectivity index (χ1v) is 10.6. The van der Waals surface area contributed by atoms with Crippen LogP contribution in [0.2, 0.25) is 0 Å². The van der Waals surface area contributed by atoms with Gasteiger partial charge < -0.3 is 10.2 Å². The number of hydrogen-bond donors (Lipinski definition) is 1. The smallest absolute Gasteiger partial charge is 0.236 e. The number of piperidine rings is 2. The van der Waals surface area contributed by atoms with Gasteiger partial charge in [0.1, 0.15) is 0 Å². The molecule has 3 heterocycles. The SMILES string of the molecule is CCc1csc(NC2CCN(CC(=O)N3CC(C)CC(C)C3)CC2)n1. The molecule has 0 radical (unpaired) electrons. The molecule has 6 heteroatoms. The van der Waals surface area contributed by atoms with E-state index in [9.17, 15) is 4.79 Å². The van der Waals surface area contributed by atoms with Gasteiger partial charge in [0.15, 0.2) is 5.13 Å². The molecule has 3 rings (SSSR count). The molecular formula is C19H32N4OS. The summed E-state index contributed by atoms with van der Waals surface area (Å²) in [7, 11) is 0. The monoisotopic (exact) mass is 364 g/mol. The summed E-state index contributed by atoms with van der Waals surface area (Å²) in [4.78, 5) is 21.6. The normalized spacial score (nSPS) is 26.0. The zero-order valence-electron chi connectivity index (χ0n) is 15.8. The molecule has 5 nitrogen and oxygen atoms in total. The Labute approximate surface area is 155 Å². The van der Waals surface area contributed by atoms with E-state index in [4.69, 9.17) is 0 Å². The molecule has 25 heavy (non-hydrogen) atoms. The summed E-state index contributed by atoms with van der Waals surface area (Å²) < 4.78 is 0. The third-order valence-electron chi connectivity index (χ3n) is 5.41. The lowest BCUT2D eigenvalue weighted by Crippen LogP contribution is -2.49. The number of carbonyl (C=O) groups excluding carboxylic acids is 1. The average Bonchev–Trinajstić information content (AvgIpc) is 3.03. The number of anilines is 1. The van der Waals surface area contributed by atoms with Crippen LogP contribution in [0.15, 0.2) is 5.38 Å². The molecule has 0 spiro atoms. The third kappa shape index (κ3) is 5.17. The Kier molecular flexibility index (Phi) is 6.34. The number of aromatic nitrogens is 1. The number of thiazole rings is 1. The molecule has 0 saturated carbocycles. The van der Waals surface area contributed by atoms with Gasteiger partial charge >= 0.3 is 0 Å².